The average molecular weight is 452 g/mol. The number of ether oxygens (including phenoxy) is 1. The molecule has 0 bridgehead atoms. The summed E-state index contributed by atoms with van der Waals surface area (Å²) in [6.07, 6.45) is 5.11. The highest BCUT2D eigenvalue weighted by Gasteiger charge is 2.26. The molecule has 33 heavy (non-hydrogen) atoms. The lowest BCUT2D eigenvalue weighted by atomic mass is 9.91. The van der Waals surface area contributed by atoms with Crippen LogP contribution in [-0.2, 0) is 4.79 Å². The Balaban J connectivity index is 1.38. The lowest BCUT2D eigenvalue weighted by Crippen LogP contribution is -2.42. The number of hydrogen-bond donors (Lipinski definition) is 1. The van der Waals surface area contributed by atoms with Gasteiger partial charge in [-0.15, -0.1) is 0 Å². The van der Waals surface area contributed by atoms with E-state index in [2.05, 4.69) is 41.0 Å². The molecule has 1 aliphatic heterocycles. The Morgan fingerprint density at radius 2 is 1.94 bits per heavy atom. The molecule has 174 valence electrons. The van der Waals surface area contributed by atoms with Gasteiger partial charge >= 0.3 is 0 Å². The molecule has 1 aromatic carbocycles. The maximum absolute atomic E-state index is 13.6. The Morgan fingerprint density at radius 3 is 2.64 bits per heavy atom. The number of halogens is 1. The molecule has 3 aromatic rings. The van der Waals surface area contributed by atoms with Gasteiger partial charge in [0, 0.05) is 49.5 Å². The Labute approximate surface area is 193 Å². The van der Waals surface area contributed by atoms with Crippen molar-refractivity contribution in [1.82, 2.24) is 19.9 Å². The normalized spacial score (nSPS) is 15.0. The second-order valence-corrected chi connectivity index (χ2v) is 9.79. The summed E-state index contributed by atoms with van der Waals surface area (Å²) in [4.78, 5) is 26.4. The maximum atomic E-state index is 13.6. The monoisotopic (exact) mass is 451 g/mol. The number of anilines is 2. The summed E-state index contributed by atoms with van der Waals surface area (Å²) < 4.78 is 19.9. The fourth-order valence-electron chi connectivity index (χ4n) is 4.00. The molecule has 0 spiro atoms. The van der Waals surface area contributed by atoms with Crippen LogP contribution in [0.15, 0.2) is 36.8 Å². The van der Waals surface area contributed by atoms with E-state index in [-0.39, 0.29) is 17.4 Å². The van der Waals surface area contributed by atoms with E-state index in [0.29, 0.717) is 23.1 Å². The second-order valence-electron chi connectivity index (χ2n) is 9.79. The van der Waals surface area contributed by atoms with Gasteiger partial charge in [0.25, 0.3) is 0 Å². The molecule has 7 nitrogen and oxygen atoms in total. The minimum Gasteiger partial charge on any atom is -0.490 e. The number of aryl methyl sites for hydroxylation is 1. The van der Waals surface area contributed by atoms with Crippen molar-refractivity contribution in [3.63, 3.8) is 0 Å². The Kier molecular flexibility index (Phi) is 6.44. The predicted octanol–water partition coefficient (Wildman–Crippen LogP) is 5.02. The van der Waals surface area contributed by atoms with Crippen LogP contribution in [0.5, 0.6) is 5.75 Å². The summed E-state index contributed by atoms with van der Waals surface area (Å²) in [5, 5.41) is 3.80. The van der Waals surface area contributed by atoms with E-state index in [1.165, 1.54) is 18.6 Å². The van der Waals surface area contributed by atoms with Crippen LogP contribution >= 0.6 is 0 Å². The summed E-state index contributed by atoms with van der Waals surface area (Å²) in [6.45, 7) is 9.71. The zero-order chi connectivity index (χ0) is 23.6. The lowest BCUT2D eigenvalue weighted by Gasteiger charge is -2.34. The Morgan fingerprint density at radius 1 is 1.18 bits per heavy atom. The van der Waals surface area contributed by atoms with Gasteiger partial charge in [0.2, 0.25) is 11.9 Å². The Bertz CT molecular complexity index is 1150. The number of fused-ring (bicyclic) bond motifs is 1. The molecule has 1 fully saturated rings. The quantitative estimate of drug-likeness (QED) is 0.549. The SMILES string of the molecule is Cc1cc(Nc2ncnc3cnc(F)cc23)ccc1OC1CCN(C(=O)CC(C)(C)C)CC1. The minimum absolute atomic E-state index is 0.000443. The van der Waals surface area contributed by atoms with Crippen molar-refractivity contribution in [2.75, 3.05) is 18.4 Å². The molecule has 2 aromatic heterocycles. The first-order valence-corrected chi connectivity index (χ1v) is 11.3. The number of nitrogens with zero attached hydrogens (tertiary/aromatic N) is 4. The van der Waals surface area contributed by atoms with E-state index in [4.69, 9.17) is 4.74 Å². The molecule has 0 radical (unpaired) electrons. The molecule has 4 rings (SSSR count). The van der Waals surface area contributed by atoms with E-state index in [1.54, 1.807) is 0 Å². The molecular weight excluding hydrogens is 421 g/mol. The van der Waals surface area contributed by atoms with Crippen LogP contribution in [0.3, 0.4) is 0 Å². The number of rotatable bonds is 5. The molecule has 0 aliphatic carbocycles. The molecule has 3 heterocycles. The smallest absolute Gasteiger partial charge is 0.223 e. The number of amides is 1. The van der Waals surface area contributed by atoms with Crippen LogP contribution in [0.4, 0.5) is 15.9 Å². The minimum atomic E-state index is -0.577. The number of piperidine rings is 1. The van der Waals surface area contributed by atoms with Gasteiger partial charge < -0.3 is 15.0 Å². The molecule has 1 N–H and O–H groups in total. The first-order chi connectivity index (χ1) is 15.7. The van der Waals surface area contributed by atoms with Crippen LogP contribution < -0.4 is 10.1 Å². The molecule has 8 heteroatoms. The third-order valence-corrected chi connectivity index (χ3v) is 5.70. The number of benzene rings is 1. The highest BCUT2D eigenvalue weighted by molar-refractivity contribution is 5.89. The van der Waals surface area contributed by atoms with Gasteiger partial charge in [-0.05, 0) is 36.1 Å². The molecule has 1 amide bonds. The third-order valence-electron chi connectivity index (χ3n) is 5.70. The van der Waals surface area contributed by atoms with Gasteiger partial charge in [-0.2, -0.15) is 4.39 Å². The van der Waals surface area contributed by atoms with Crippen LogP contribution in [0.1, 0.15) is 45.6 Å². The molecule has 1 aliphatic rings. The fraction of sp³-hybridized carbons (Fsp3) is 0.440. The standard InChI is InChI=1S/C25H30FN5O2/c1-16-11-17(30-24-19-12-22(26)27-14-20(19)28-15-29-24)5-6-21(16)33-18-7-9-31(10-8-18)23(32)13-25(2,3)4/h5-6,11-12,14-15,18H,7-10,13H2,1-4H3,(H,28,29,30). The van der Waals surface area contributed by atoms with Crippen LogP contribution in [0, 0.1) is 18.3 Å². The van der Waals surface area contributed by atoms with Crippen molar-refractivity contribution in [2.45, 2.75) is 53.1 Å². The van der Waals surface area contributed by atoms with E-state index in [1.807, 2.05) is 30.0 Å². The number of carbonyl (C=O) groups is 1. The summed E-state index contributed by atoms with van der Waals surface area (Å²) in [5.74, 6) is 0.983. The van der Waals surface area contributed by atoms with Crippen molar-refractivity contribution >= 4 is 28.3 Å². The van der Waals surface area contributed by atoms with Gasteiger partial charge in [0.1, 0.15) is 24.0 Å². The van der Waals surface area contributed by atoms with Crippen molar-refractivity contribution in [3.8, 4) is 5.75 Å². The van der Waals surface area contributed by atoms with Crippen molar-refractivity contribution in [1.29, 1.82) is 0 Å². The Hall–Kier alpha value is -3.29. The predicted molar refractivity (Wildman–Crippen MR) is 126 cm³/mol. The molecular formula is C25H30FN5O2. The highest BCUT2D eigenvalue weighted by Crippen LogP contribution is 2.29. The van der Waals surface area contributed by atoms with Crippen molar-refractivity contribution in [3.05, 3.63) is 48.3 Å². The summed E-state index contributed by atoms with van der Waals surface area (Å²) in [5.41, 5.74) is 2.37. The highest BCUT2D eigenvalue weighted by atomic mass is 19.1. The van der Waals surface area contributed by atoms with Crippen LogP contribution in [0.2, 0.25) is 0 Å². The summed E-state index contributed by atoms with van der Waals surface area (Å²) in [7, 11) is 0. The third kappa shape index (κ3) is 5.74. The zero-order valence-corrected chi connectivity index (χ0v) is 19.6. The molecule has 0 atom stereocenters. The first-order valence-electron chi connectivity index (χ1n) is 11.3. The number of pyridine rings is 1. The van der Waals surface area contributed by atoms with Gasteiger partial charge in [-0.25, -0.2) is 15.0 Å². The topological polar surface area (TPSA) is 80.2 Å². The summed E-state index contributed by atoms with van der Waals surface area (Å²) in [6, 6.07) is 7.14. The number of carbonyl (C=O) groups excluding carboxylic acids is 1. The van der Waals surface area contributed by atoms with E-state index in [9.17, 15) is 9.18 Å². The largest absolute Gasteiger partial charge is 0.490 e. The second kappa shape index (κ2) is 9.29. The number of aromatic nitrogens is 3. The fourth-order valence-corrected chi connectivity index (χ4v) is 4.00. The van der Waals surface area contributed by atoms with E-state index < -0.39 is 5.95 Å². The average Bonchev–Trinajstić information content (AvgIpc) is 2.75. The van der Waals surface area contributed by atoms with Crippen molar-refractivity contribution in [2.24, 2.45) is 5.41 Å². The summed E-state index contributed by atoms with van der Waals surface area (Å²) >= 11 is 0. The maximum Gasteiger partial charge on any atom is 0.223 e. The van der Waals surface area contributed by atoms with Gasteiger partial charge in [0.15, 0.2) is 0 Å². The van der Waals surface area contributed by atoms with Gasteiger partial charge in [-0.1, -0.05) is 20.8 Å². The lowest BCUT2D eigenvalue weighted by molar-refractivity contribution is -0.134. The number of nitrogens with one attached hydrogen (secondary N) is 1. The zero-order valence-electron chi connectivity index (χ0n) is 19.6. The van der Waals surface area contributed by atoms with Gasteiger partial charge in [0.05, 0.1) is 11.7 Å². The first kappa shape index (κ1) is 22.9. The molecule has 1 saturated heterocycles. The number of likely N-dealkylation sites (tertiary alicyclic amines) is 1. The van der Waals surface area contributed by atoms with E-state index in [0.717, 1.165) is 42.9 Å². The molecule has 0 saturated carbocycles. The van der Waals surface area contributed by atoms with Gasteiger partial charge in [-0.3, -0.25) is 4.79 Å². The molecule has 0 unspecified atom stereocenters. The van der Waals surface area contributed by atoms with E-state index >= 15 is 0 Å². The van der Waals surface area contributed by atoms with Crippen LogP contribution in [0.25, 0.3) is 10.9 Å². The van der Waals surface area contributed by atoms with Crippen molar-refractivity contribution < 1.29 is 13.9 Å². The number of hydrogen-bond acceptors (Lipinski definition) is 6. The van der Waals surface area contributed by atoms with Crippen LogP contribution in [-0.4, -0.2) is 45.0 Å².